The number of nitrogens with zero attached hydrogens (tertiary/aromatic N) is 1. The predicted molar refractivity (Wildman–Crippen MR) is 69.0 cm³/mol. The van der Waals surface area contributed by atoms with Crippen molar-refractivity contribution in [2.75, 3.05) is 11.1 Å². The molecular weight excluding hydrogens is 228 g/mol. The molecule has 5 nitrogen and oxygen atoms in total. The molecule has 0 radical (unpaired) electrons. The van der Waals surface area contributed by atoms with Crippen molar-refractivity contribution in [2.45, 2.75) is 12.8 Å². The van der Waals surface area contributed by atoms with Crippen molar-refractivity contribution in [3.05, 3.63) is 41.6 Å². The number of fused-ring (bicyclic) bond motifs is 1. The van der Waals surface area contributed by atoms with Crippen LogP contribution >= 0.6 is 0 Å². The van der Waals surface area contributed by atoms with E-state index < -0.39 is 0 Å². The van der Waals surface area contributed by atoms with E-state index in [1.165, 1.54) is 17.3 Å². The molecule has 92 valence electrons. The van der Waals surface area contributed by atoms with Crippen molar-refractivity contribution in [2.24, 2.45) is 5.92 Å². The van der Waals surface area contributed by atoms with E-state index in [0.29, 0.717) is 11.5 Å². The molecule has 4 N–H and O–H groups in total. The Morgan fingerprint density at radius 3 is 2.56 bits per heavy atom. The van der Waals surface area contributed by atoms with Crippen molar-refractivity contribution in [3.8, 4) is 0 Å². The first kappa shape index (κ1) is 10.8. The Labute approximate surface area is 104 Å². The van der Waals surface area contributed by atoms with Gasteiger partial charge in [0, 0.05) is 5.92 Å². The van der Waals surface area contributed by atoms with E-state index >= 15 is 0 Å². The summed E-state index contributed by atoms with van der Waals surface area (Å²) < 4.78 is 0. The van der Waals surface area contributed by atoms with Gasteiger partial charge in [0.25, 0.3) is 0 Å². The van der Waals surface area contributed by atoms with Gasteiger partial charge in [-0.3, -0.25) is 9.89 Å². The van der Waals surface area contributed by atoms with Gasteiger partial charge in [-0.15, -0.1) is 0 Å². The van der Waals surface area contributed by atoms with E-state index in [1.54, 1.807) is 0 Å². The molecule has 5 heteroatoms. The Kier molecular flexibility index (Phi) is 2.51. The highest BCUT2D eigenvalue weighted by Gasteiger charge is 2.27. The maximum absolute atomic E-state index is 12.1. The fraction of sp³-hybridized carbons (Fsp3) is 0.231. The molecule has 0 saturated heterocycles. The van der Waals surface area contributed by atoms with Crippen molar-refractivity contribution in [1.29, 1.82) is 0 Å². The number of carbonyl (C=O) groups excluding carboxylic acids is 1. The van der Waals surface area contributed by atoms with Crippen LogP contribution in [0.1, 0.15) is 11.1 Å². The van der Waals surface area contributed by atoms with Crippen LogP contribution in [0.3, 0.4) is 0 Å². The van der Waals surface area contributed by atoms with Crippen LogP contribution in [0.4, 0.5) is 11.5 Å². The molecule has 1 heterocycles. The molecule has 0 spiro atoms. The predicted octanol–water partition coefficient (Wildman–Crippen LogP) is 1.35. The number of H-pyrrole nitrogens is 1. The molecule has 18 heavy (non-hydrogen) atoms. The van der Waals surface area contributed by atoms with Crippen molar-refractivity contribution in [1.82, 2.24) is 10.2 Å². The number of nitrogens with two attached hydrogens (primary N) is 1. The molecule has 0 atom stereocenters. The summed E-state index contributed by atoms with van der Waals surface area (Å²) in [7, 11) is 0. The number of rotatable bonds is 2. The van der Waals surface area contributed by atoms with E-state index in [1.807, 2.05) is 12.1 Å². The van der Waals surface area contributed by atoms with Gasteiger partial charge in [-0.2, -0.15) is 5.10 Å². The number of anilines is 2. The van der Waals surface area contributed by atoms with Gasteiger partial charge >= 0.3 is 0 Å². The van der Waals surface area contributed by atoms with Gasteiger partial charge in [0.1, 0.15) is 0 Å². The largest absolute Gasteiger partial charge is 0.394 e. The molecule has 0 unspecified atom stereocenters. The van der Waals surface area contributed by atoms with E-state index in [2.05, 4.69) is 27.6 Å². The number of aromatic nitrogens is 2. The molecule has 0 aliphatic heterocycles. The van der Waals surface area contributed by atoms with Crippen LogP contribution in [0.2, 0.25) is 0 Å². The Morgan fingerprint density at radius 2 is 2.00 bits per heavy atom. The maximum Gasteiger partial charge on any atom is 0.229 e. The number of nitrogens with one attached hydrogen (secondary N) is 2. The monoisotopic (exact) mass is 242 g/mol. The Balaban J connectivity index is 1.71. The van der Waals surface area contributed by atoms with Crippen LogP contribution < -0.4 is 11.1 Å². The van der Waals surface area contributed by atoms with E-state index in [0.717, 1.165) is 12.8 Å². The Bertz CT molecular complexity index is 565. The lowest BCUT2D eigenvalue weighted by Crippen LogP contribution is -2.23. The fourth-order valence-electron chi connectivity index (χ4n) is 2.37. The zero-order valence-corrected chi connectivity index (χ0v) is 9.81. The molecule has 1 aromatic heterocycles. The molecule has 1 aliphatic carbocycles. The highest BCUT2D eigenvalue weighted by Crippen LogP contribution is 2.27. The van der Waals surface area contributed by atoms with Gasteiger partial charge in [-0.1, -0.05) is 24.3 Å². The third-order valence-corrected chi connectivity index (χ3v) is 3.34. The lowest BCUT2D eigenvalue weighted by molar-refractivity contribution is -0.119. The first-order chi connectivity index (χ1) is 8.74. The summed E-state index contributed by atoms with van der Waals surface area (Å²) >= 11 is 0. The number of carbonyl (C=O) groups is 1. The second kappa shape index (κ2) is 4.18. The maximum atomic E-state index is 12.1. The van der Waals surface area contributed by atoms with Crippen LogP contribution in [0.5, 0.6) is 0 Å². The minimum atomic E-state index is -0.0231. The van der Waals surface area contributed by atoms with Crippen molar-refractivity contribution in [3.63, 3.8) is 0 Å². The van der Waals surface area contributed by atoms with E-state index in [4.69, 9.17) is 5.73 Å². The van der Waals surface area contributed by atoms with E-state index in [9.17, 15) is 4.79 Å². The zero-order valence-electron chi connectivity index (χ0n) is 9.81. The minimum Gasteiger partial charge on any atom is -0.394 e. The number of nitrogen functional groups attached to an aromatic ring is 1. The van der Waals surface area contributed by atoms with Gasteiger partial charge in [0.2, 0.25) is 5.91 Å². The van der Waals surface area contributed by atoms with Gasteiger partial charge in [0.05, 0.1) is 11.9 Å². The standard InChI is InChI=1S/C13H14N4O/c14-11-7-15-17-12(11)16-13(18)10-5-8-3-1-2-4-9(8)6-10/h1-4,7,10H,5-6,14H2,(H2,15,16,17,18). The molecule has 1 amide bonds. The molecule has 0 saturated carbocycles. The SMILES string of the molecule is Nc1cn[nH]c1NC(=O)C1Cc2ccccc2C1. The van der Waals surface area contributed by atoms with Crippen LogP contribution in [-0.2, 0) is 17.6 Å². The summed E-state index contributed by atoms with van der Waals surface area (Å²) in [6.07, 6.45) is 3.06. The van der Waals surface area contributed by atoms with Gasteiger partial charge in [-0.25, -0.2) is 0 Å². The highest BCUT2D eigenvalue weighted by molar-refractivity contribution is 5.94. The third kappa shape index (κ3) is 1.84. The summed E-state index contributed by atoms with van der Waals surface area (Å²) in [6, 6.07) is 8.17. The summed E-state index contributed by atoms with van der Waals surface area (Å²) in [4.78, 5) is 12.1. The first-order valence-electron chi connectivity index (χ1n) is 5.90. The summed E-state index contributed by atoms with van der Waals surface area (Å²) in [5, 5.41) is 9.24. The van der Waals surface area contributed by atoms with Crippen molar-refractivity contribution >= 4 is 17.4 Å². The molecule has 0 fully saturated rings. The molecule has 3 rings (SSSR count). The van der Waals surface area contributed by atoms with Gasteiger partial charge < -0.3 is 11.1 Å². The highest BCUT2D eigenvalue weighted by atomic mass is 16.2. The second-order valence-corrected chi connectivity index (χ2v) is 4.56. The first-order valence-corrected chi connectivity index (χ1v) is 5.90. The summed E-state index contributed by atoms with van der Waals surface area (Å²) in [6.45, 7) is 0. The molecule has 2 aromatic rings. The summed E-state index contributed by atoms with van der Waals surface area (Å²) in [5.74, 6) is 0.447. The Hall–Kier alpha value is -2.30. The second-order valence-electron chi connectivity index (χ2n) is 4.56. The Morgan fingerprint density at radius 1 is 1.33 bits per heavy atom. The third-order valence-electron chi connectivity index (χ3n) is 3.34. The number of benzene rings is 1. The minimum absolute atomic E-state index is 0.0119. The summed E-state index contributed by atoms with van der Waals surface area (Å²) in [5.41, 5.74) is 8.64. The number of hydrogen-bond donors (Lipinski definition) is 3. The smallest absolute Gasteiger partial charge is 0.229 e. The van der Waals surface area contributed by atoms with Crippen LogP contribution in [0, 0.1) is 5.92 Å². The zero-order chi connectivity index (χ0) is 12.5. The fourth-order valence-corrected chi connectivity index (χ4v) is 2.37. The molecular formula is C13H14N4O. The normalized spacial score (nSPS) is 14.4. The van der Waals surface area contributed by atoms with Crippen LogP contribution in [0.25, 0.3) is 0 Å². The molecule has 1 aliphatic rings. The lowest BCUT2D eigenvalue weighted by Gasteiger charge is -2.09. The number of aromatic amines is 1. The van der Waals surface area contributed by atoms with Crippen molar-refractivity contribution < 1.29 is 4.79 Å². The number of hydrogen-bond acceptors (Lipinski definition) is 3. The molecule has 1 aromatic carbocycles. The van der Waals surface area contributed by atoms with Gasteiger partial charge in [0.15, 0.2) is 5.82 Å². The average Bonchev–Trinajstić information content (AvgIpc) is 2.96. The average molecular weight is 242 g/mol. The number of amides is 1. The van der Waals surface area contributed by atoms with Gasteiger partial charge in [-0.05, 0) is 24.0 Å². The topological polar surface area (TPSA) is 83.8 Å². The quantitative estimate of drug-likeness (QED) is 0.743. The molecule has 0 bridgehead atoms. The van der Waals surface area contributed by atoms with Crippen LogP contribution in [0.15, 0.2) is 30.5 Å². The lowest BCUT2D eigenvalue weighted by atomic mass is 10.1. The van der Waals surface area contributed by atoms with E-state index in [-0.39, 0.29) is 11.8 Å². The van der Waals surface area contributed by atoms with Crippen LogP contribution in [-0.4, -0.2) is 16.1 Å².